The van der Waals surface area contributed by atoms with Crippen molar-refractivity contribution in [2.75, 3.05) is 18.5 Å². The van der Waals surface area contributed by atoms with Gasteiger partial charge in [0.05, 0.1) is 6.61 Å². The molecule has 0 saturated heterocycles. The minimum Gasteiger partial charge on any atom is -0.462 e. The Morgan fingerprint density at radius 3 is 2.24 bits per heavy atom. The second kappa shape index (κ2) is 13.3. The van der Waals surface area contributed by atoms with E-state index in [1.807, 2.05) is 66.7 Å². The van der Waals surface area contributed by atoms with Crippen LogP contribution in [0.2, 0.25) is 5.02 Å². The molecule has 0 radical (unpaired) electrons. The van der Waals surface area contributed by atoms with Crippen molar-refractivity contribution >= 4 is 57.5 Å². The van der Waals surface area contributed by atoms with Gasteiger partial charge < -0.3 is 14.8 Å². The second-order valence-electron chi connectivity index (χ2n) is 7.93. The van der Waals surface area contributed by atoms with Crippen molar-refractivity contribution in [2.45, 2.75) is 17.1 Å². The first-order chi connectivity index (χ1) is 18.5. The minimum atomic E-state index is -0.657. The SMILES string of the molecule is CCOC(=O)c1c(-c2ccccc2Cl)csc1NC(=O)COC(=O)C(Sc1ccccc1)c1ccccc1. The molecule has 194 valence electrons. The molecule has 0 fully saturated rings. The van der Waals surface area contributed by atoms with Crippen molar-refractivity contribution in [3.8, 4) is 11.1 Å². The van der Waals surface area contributed by atoms with Gasteiger partial charge in [-0.05, 0) is 30.7 Å². The maximum absolute atomic E-state index is 13.1. The number of amides is 1. The molecule has 1 heterocycles. The number of ether oxygens (including phenoxy) is 2. The Hall–Kier alpha value is -3.59. The zero-order valence-corrected chi connectivity index (χ0v) is 22.8. The molecule has 38 heavy (non-hydrogen) atoms. The quantitative estimate of drug-likeness (QED) is 0.161. The number of thiophene rings is 1. The van der Waals surface area contributed by atoms with Crippen LogP contribution >= 0.6 is 34.7 Å². The zero-order chi connectivity index (χ0) is 26.9. The highest BCUT2D eigenvalue weighted by Gasteiger charge is 2.26. The van der Waals surface area contributed by atoms with Gasteiger partial charge in [0.25, 0.3) is 5.91 Å². The number of rotatable bonds is 10. The van der Waals surface area contributed by atoms with Gasteiger partial charge in [-0.1, -0.05) is 78.3 Å². The van der Waals surface area contributed by atoms with E-state index in [9.17, 15) is 14.4 Å². The lowest BCUT2D eigenvalue weighted by atomic mass is 10.0. The predicted octanol–water partition coefficient (Wildman–Crippen LogP) is 7.26. The molecule has 3 aromatic carbocycles. The Morgan fingerprint density at radius 1 is 0.895 bits per heavy atom. The summed E-state index contributed by atoms with van der Waals surface area (Å²) >= 11 is 8.86. The highest BCUT2D eigenvalue weighted by Crippen LogP contribution is 2.39. The summed E-state index contributed by atoms with van der Waals surface area (Å²) in [6.45, 7) is 1.36. The number of carbonyl (C=O) groups excluding carboxylic acids is 3. The number of thioether (sulfide) groups is 1. The third-order valence-electron chi connectivity index (χ3n) is 5.35. The number of benzene rings is 3. The summed E-state index contributed by atoms with van der Waals surface area (Å²) < 4.78 is 10.6. The number of anilines is 1. The first kappa shape index (κ1) is 27.4. The number of hydrogen-bond acceptors (Lipinski definition) is 7. The molecule has 1 amide bonds. The van der Waals surface area contributed by atoms with Gasteiger partial charge in [0.1, 0.15) is 15.8 Å². The topological polar surface area (TPSA) is 81.7 Å². The Kier molecular flexibility index (Phi) is 9.59. The molecule has 1 unspecified atom stereocenters. The number of halogens is 1. The predicted molar refractivity (Wildman–Crippen MR) is 152 cm³/mol. The van der Waals surface area contributed by atoms with Crippen LogP contribution < -0.4 is 5.32 Å². The molecule has 0 aliphatic carbocycles. The van der Waals surface area contributed by atoms with Crippen LogP contribution in [0.15, 0.2) is 95.2 Å². The van der Waals surface area contributed by atoms with Gasteiger partial charge in [-0.2, -0.15) is 0 Å². The third kappa shape index (κ3) is 6.83. The molecule has 9 heteroatoms. The van der Waals surface area contributed by atoms with E-state index in [1.165, 1.54) is 23.1 Å². The summed E-state index contributed by atoms with van der Waals surface area (Å²) in [5, 5.41) is 4.52. The van der Waals surface area contributed by atoms with E-state index < -0.39 is 29.7 Å². The number of nitrogens with one attached hydrogen (secondary N) is 1. The van der Waals surface area contributed by atoms with Crippen LogP contribution in [0.1, 0.15) is 28.1 Å². The standard InChI is InChI=1S/C29H24ClNO5S2/c1-2-35-28(33)25-22(21-15-9-10-16-23(21)30)18-37-27(25)31-24(32)17-36-29(34)26(19-11-5-3-6-12-19)38-20-13-7-4-8-14-20/h3-16,18,26H,2,17H2,1H3,(H,31,32). The Labute approximate surface area is 233 Å². The third-order valence-corrected chi connectivity index (χ3v) is 7.82. The smallest absolute Gasteiger partial charge is 0.341 e. The molecule has 0 saturated carbocycles. The number of esters is 2. The Morgan fingerprint density at radius 2 is 1.55 bits per heavy atom. The summed E-state index contributed by atoms with van der Waals surface area (Å²) in [6, 6.07) is 25.8. The highest BCUT2D eigenvalue weighted by molar-refractivity contribution is 8.00. The van der Waals surface area contributed by atoms with Gasteiger partial charge in [0, 0.05) is 26.4 Å². The van der Waals surface area contributed by atoms with Crippen LogP contribution in [0.25, 0.3) is 11.1 Å². The van der Waals surface area contributed by atoms with Crippen molar-refractivity contribution in [2.24, 2.45) is 0 Å². The first-order valence-corrected chi connectivity index (χ1v) is 13.9. The van der Waals surface area contributed by atoms with E-state index in [1.54, 1.807) is 30.5 Å². The number of carbonyl (C=O) groups is 3. The molecule has 6 nitrogen and oxygen atoms in total. The molecule has 1 aromatic heterocycles. The Balaban J connectivity index is 1.49. The average molecular weight is 566 g/mol. The van der Waals surface area contributed by atoms with E-state index in [2.05, 4.69) is 5.32 Å². The summed E-state index contributed by atoms with van der Waals surface area (Å²) in [6.07, 6.45) is 0. The lowest BCUT2D eigenvalue weighted by Crippen LogP contribution is -2.23. The largest absolute Gasteiger partial charge is 0.462 e. The molecule has 1 atom stereocenters. The summed E-state index contributed by atoms with van der Waals surface area (Å²) in [5.74, 6) is -1.71. The fraction of sp³-hybridized carbons (Fsp3) is 0.138. The molecule has 4 aromatic rings. The lowest BCUT2D eigenvalue weighted by Gasteiger charge is -2.16. The van der Waals surface area contributed by atoms with E-state index in [0.29, 0.717) is 16.1 Å². The van der Waals surface area contributed by atoms with Gasteiger partial charge in [-0.3, -0.25) is 9.59 Å². The molecule has 0 aliphatic rings. The van der Waals surface area contributed by atoms with Gasteiger partial charge in [0.15, 0.2) is 6.61 Å². The van der Waals surface area contributed by atoms with Gasteiger partial charge in [-0.15, -0.1) is 23.1 Å². The summed E-state index contributed by atoms with van der Waals surface area (Å²) in [5.41, 5.74) is 2.16. The summed E-state index contributed by atoms with van der Waals surface area (Å²) in [7, 11) is 0. The second-order valence-corrected chi connectivity index (χ2v) is 10.4. The van der Waals surface area contributed by atoms with Gasteiger partial charge in [-0.25, -0.2) is 4.79 Å². The van der Waals surface area contributed by atoms with Crippen LogP contribution in [0.5, 0.6) is 0 Å². The molecule has 1 N–H and O–H groups in total. The van der Waals surface area contributed by atoms with Crippen molar-refractivity contribution < 1.29 is 23.9 Å². The van der Waals surface area contributed by atoms with Crippen molar-refractivity contribution in [3.63, 3.8) is 0 Å². The van der Waals surface area contributed by atoms with Crippen molar-refractivity contribution in [1.82, 2.24) is 0 Å². The van der Waals surface area contributed by atoms with E-state index in [0.717, 1.165) is 10.5 Å². The summed E-state index contributed by atoms with van der Waals surface area (Å²) in [4.78, 5) is 39.6. The fourth-order valence-corrected chi connectivity index (χ4v) is 5.87. The van der Waals surface area contributed by atoms with E-state index in [-0.39, 0.29) is 17.2 Å². The van der Waals surface area contributed by atoms with Gasteiger partial charge in [0.2, 0.25) is 0 Å². The lowest BCUT2D eigenvalue weighted by molar-refractivity contribution is -0.146. The molecule has 0 aliphatic heterocycles. The van der Waals surface area contributed by atoms with Crippen LogP contribution in [-0.4, -0.2) is 31.1 Å². The van der Waals surface area contributed by atoms with Crippen LogP contribution in [0.3, 0.4) is 0 Å². The molecule has 4 rings (SSSR count). The molecular weight excluding hydrogens is 542 g/mol. The first-order valence-electron chi connectivity index (χ1n) is 11.7. The highest BCUT2D eigenvalue weighted by atomic mass is 35.5. The van der Waals surface area contributed by atoms with E-state index in [4.69, 9.17) is 21.1 Å². The van der Waals surface area contributed by atoms with Crippen LogP contribution in [0.4, 0.5) is 5.00 Å². The average Bonchev–Trinajstić information content (AvgIpc) is 3.35. The maximum atomic E-state index is 13.1. The monoisotopic (exact) mass is 565 g/mol. The maximum Gasteiger partial charge on any atom is 0.341 e. The van der Waals surface area contributed by atoms with Crippen LogP contribution in [-0.2, 0) is 19.1 Å². The zero-order valence-electron chi connectivity index (χ0n) is 20.4. The fourth-order valence-electron chi connectivity index (χ4n) is 3.62. The number of hydrogen-bond donors (Lipinski definition) is 1. The minimum absolute atomic E-state index is 0.168. The van der Waals surface area contributed by atoms with Gasteiger partial charge >= 0.3 is 11.9 Å². The van der Waals surface area contributed by atoms with E-state index >= 15 is 0 Å². The molecule has 0 bridgehead atoms. The Bertz CT molecular complexity index is 1410. The molecular formula is C29H24ClNO5S2. The molecule has 0 spiro atoms. The van der Waals surface area contributed by atoms with Crippen LogP contribution in [0, 0.1) is 0 Å². The van der Waals surface area contributed by atoms with Crippen molar-refractivity contribution in [1.29, 1.82) is 0 Å². The van der Waals surface area contributed by atoms with Crippen molar-refractivity contribution in [3.05, 3.63) is 106 Å². The normalized spacial score (nSPS) is 11.4.